The molecule has 1 unspecified atom stereocenters. The van der Waals surface area contributed by atoms with Crippen molar-refractivity contribution in [3.63, 3.8) is 0 Å². The zero-order valence-electron chi connectivity index (χ0n) is 9.33. The summed E-state index contributed by atoms with van der Waals surface area (Å²) >= 11 is 1.49. The summed E-state index contributed by atoms with van der Waals surface area (Å²) in [4.78, 5) is 11.3. The number of rotatable bonds is 3. The standard InChI is InChI=1S/C12H11F3O2S/c13-12(14,15)8-2-3-10-9(5-8)7(6-18-10)1-4-11(16)17/h2-3,5,7H,1,4,6H2,(H,16,17). The van der Waals surface area contributed by atoms with Crippen LogP contribution in [0.4, 0.5) is 13.2 Å². The van der Waals surface area contributed by atoms with Crippen LogP contribution in [0, 0.1) is 0 Å². The number of alkyl halides is 3. The normalized spacial score (nSPS) is 18.7. The van der Waals surface area contributed by atoms with Crippen molar-refractivity contribution in [3.8, 4) is 0 Å². The van der Waals surface area contributed by atoms with Crippen molar-refractivity contribution < 1.29 is 23.1 Å². The van der Waals surface area contributed by atoms with Crippen molar-refractivity contribution in [2.24, 2.45) is 0 Å². The third-order valence-electron chi connectivity index (χ3n) is 2.92. The van der Waals surface area contributed by atoms with Crippen LogP contribution in [0.3, 0.4) is 0 Å². The van der Waals surface area contributed by atoms with Gasteiger partial charge in [0.1, 0.15) is 0 Å². The molecule has 0 saturated heterocycles. The Morgan fingerprint density at radius 2 is 2.17 bits per heavy atom. The zero-order valence-corrected chi connectivity index (χ0v) is 10.1. The second-order valence-electron chi connectivity index (χ2n) is 4.19. The first kappa shape index (κ1) is 13.3. The van der Waals surface area contributed by atoms with E-state index in [0.717, 1.165) is 17.0 Å². The monoisotopic (exact) mass is 276 g/mol. The predicted octanol–water partition coefficient (Wildman–Crippen LogP) is 3.76. The molecule has 0 amide bonds. The highest BCUT2D eigenvalue weighted by molar-refractivity contribution is 7.99. The Balaban J connectivity index is 2.22. The predicted molar refractivity (Wildman–Crippen MR) is 61.8 cm³/mol. The number of halogens is 3. The lowest BCUT2D eigenvalue weighted by Crippen LogP contribution is -2.07. The summed E-state index contributed by atoms with van der Waals surface area (Å²) in [6, 6.07) is 3.71. The molecule has 1 N–H and O–H groups in total. The Labute approximate surface area is 106 Å². The first-order valence-corrected chi connectivity index (χ1v) is 6.42. The van der Waals surface area contributed by atoms with Gasteiger partial charge in [-0.3, -0.25) is 4.79 Å². The average Bonchev–Trinajstić information content (AvgIpc) is 2.67. The molecule has 0 aliphatic carbocycles. The molecule has 0 aromatic heterocycles. The molecular formula is C12H11F3O2S. The van der Waals surface area contributed by atoms with E-state index in [2.05, 4.69) is 0 Å². The molecule has 0 radical (unpaired) electrons. The van der Waals surface area contributed by atoms with Crippen LogP contribution < -0.4 is 0 Å². The molecule has 0 spiro atoms. The van der Waals surface area contributed by atoms with Crippen molar-refractivity contribution in [3.05, 3.63) is 29.3 Å². The molecule has 0 fully saturated rings. The van der Waals surface area contributed by atoms with E-state index in [1.807, 2.05) is 0 Å². The van der Waals surface area contributed by atoms with Gasteiger partial charge < -0.3 is 5.11 Å². The van der Waals surface area contributed by atoms with Crippen LogP contribution in [0.25, 0.3) is 0 Å². The molecule has 1 aliphatic rings. The average molecular weight is 276 g/mol. The fourth-order valence-electron chi connectivity index (χ4n) is 1.99. The van der Waals surface area contributed by atoms with E-state index in [4.69, 9.17) is 5.11 Å². The number of thioether (sulfide) groups is 1. The molecule has 1 aliphatic heterocycles. The van der Waals surface area contributed by atoms with E-state index in [0.29, 0.717) is 17.7 Å². The number of benzene rings is 1. The molecule has 1 atom stereocenters. The molecule has 2 rings (SSSR count). The van der Waals surface area contributed by atoms with Gasteiger partial charge in [-0.25, -0.2) is 0 Å². The van der Waals surface area contributed by atoms with Gasteiger partial charge in [-0.2, -0.15) is 13.2 Å². The molecule has 1 aromatic rings. The zero-order chi connectivity index (χ0) is 13.3. The van der Waals surface area contributed by atoms with E-state index in [-0.39, 0.29) is 12.3 Å². The van der Waals surface area contributed by atoms with Gasteiger partial charge in [0, 0.05) is 17.1 Å². The lowest BCUT2D eigenvalue weighted by Gasteiger charge is -2.12. The Bertz CT molecular complexity index is 471. The highest BCUT2D eigenvalue weighted by Gasteiger charge is 2.33. The SMILES string of the molecule is O=C(O)CCC1CSc2ccc(C(F)(F)F)cc21. The van der Waals surface area contributed by atoms with Crippen LogP contribution >= 0.6 is 11.8 Å². The van der Waals surface area contributed by atoms with E-state index < -0.39 is 17.7 Å². The van der Waals surface area contributed by atoms with Crippen molar-refractivity contribution in [2.75, 3.05) is 5.75 Å². The summed E-state index contributed by atoms with van der Waals surface area (Å²) in [5.41, 5.74) is -0.0276. The van der Waals surface area contributed by atoms with Gasteiger partial charge >= 0.3 is 12.1 Å². The smallest absolute Gasteiger partial charge is 0.416 e. The fraction of sp³-hybridized carbons (Fsp3) is 0.417. The number of aliphatic carboxylic acids is 1. The molecule has 1 heterocycles. The number of carbonyl (C=O) groups is 1. The van der Waals surface area contributed by atoms with Crippen molar-refractivity contribution in [1.82, 2.24) is 0 Å². The lowest BCUT2D eigenvalue weighted by molar-refractivity contribution is -0.138. The molecular weight excluding hydrogens is 265 g/mol. The van der Waals surface area contributed by atoms with E-state index in [1.54, 1.807) is 0 Å². The molecule has 98 valence electrons. The van der Waals surface area contributed by atoms with Gasteiger partial charge in [-0.05, 0) is 36.1 Å². The highest BCUT2D eigenvalue weighted by Crippen LogP contribution is 2.44. The Hall–Kier alpha value is -1.17. The Morgan fingerprint density at radius 3 is 2.78 bits per heavy atom. The molecule has 2 nitrogen and oxygen atoms in total. The van der Waals surface area contributed by atoms with Crippen LogP contribution in [-0.2, 0) is 11.0 Å². The number of carboxylic acid groups (broad SMARTS) is 1. The summed E-state index contributed by atoms with van der Waals surface area (Å²) in [6.45, 7) is 0. The molecule has 1 aromatic carbocycles. The lowest BCUT2D eigenvalue weighted by atomic mass is 9.95. The summed E-state index contributed by atoms with van der Waals surface area (Å²) in [5.74, 6) is -0.354. The topological polar surface area (TPSA) is 37.3 Å². The van der Waals surface area contributed by atoms with Gasteiger partial charge in [0.25, 0.3) is 0 Å². The van der Waals surface area contributed by atoms with Crippen molar-refractivity contribution in [2.45, 2.75) is 29.8 Å². The number of carboxylic acids is 1. The van der Waals surface area contributed by atoms with E-state index in [1.165, 1.54) is 17.8 Å². The fourth-order valence-corrected chi connectivity index (χ4v) is 3.28. The van der Waals surface area contributed by atoms with Crippen LogP contribution in [0.2, 0.25) is 0 Å². The molecule has 0 bridgehead atoms. The minimum absolute atomic E-state index is 0.0130. The maximum Gasteiger partial charge on any atom is 0.416 e. The number of hydrogen-bond acceptors (Lipinski definition) is 2. The Kier molecular flexibility index (Phi) is 3.56. The molecule has 0 saturated carbocycles. The summed E-state index contributed by atoms with van der Waals surface area (Å²) in [6.07, 6.45) is -3.98. The van der Waals surface area contributed by atoms with Crippen molar-refractivity contribution >= 4 is 17.7 Å². The first-order valence-electron chi connectivity index (χ1n) is 5.43. The third-order valence-corrected chi connectivity index (χ3v) is 4.18. The minimum Gasteiger partial charge on any atom is -0.481 e. The van der Waals surface area contributed by atoms with Gasteiger partial charge in [0.2, 0.25) is 0 Å². The number of hydrogen-bond donors (Lipinski definition) is 1. The van der Waals surface area contributed by atoms with Crippen LogP contribution in [0.15, 0.2) is 23.1 Å². The first-order chi connectivity index (χ1) is 8.38. The Morgan fingerprint density at radius 1 is 1.44 bits per heavy atom. The van der Waals surface area contributed by atoms with E-state index >= 15 is 0 Å². The quantitative estimate of drug-likeness (QED) is 0.913. The van der Waals surface area contributed by atoms with Crippen LogP contribution in [0.5, 0.6) is 0 Å². The van der Waals surface area contributed by atoms with Gasteiger partial charge in [0.05, 0.1) is 5.56 Å². The largest absolute Gasteiger partial charge is 0.481 e. The second-order valence-corrected chi connectivity index (χ2v) is 5.25. The molecule has 18 heavy (non-hydrogen) atoms. The van der Waals surface area contributed by atoms with Crippen LogP contribution in [0.1, 0.15) is 29.9 Å². The van der Waals surface area contributed by atoms with Gasteiger partial charge in [-0.1, -0.05) is 0 Å². The minimum atomic E-state index is -4.35. The van der Waals surface area contributed by atoms with Gasteiger partial charge in [0.15, 0.2) is 0 Å². The molecule has 6 heteroatoms. The maximum atomic E-state index is 12.6. The highest BCUT2D eigenvalue weighted by atomic mass is 32.2. The van der Waals surface area contributed by atoms with E-state index in [9.17, 15) is 18.0 Å². The second kappa shape index (κ2) is 4.84. The summed E-state index contributed by atoms with van der Waals surface area (Å²) in [7, 11) is 0. The third kappa shape index (κ3) is 2.80. The van der Waals surface area contributed by atoms with Gasteiger partial charge in [-0.15, -0.1) is 11.8 Å². The van der Waals surface area contributed by atoms with Crippen molar-refractivity contribution in [1.29, 1.82) is 0 Å². The number of fused-ring (bicyclic) bond motifs is 1. The van der Waals surface area contributed by atoms with Crippen LogP contribution in [-0.4, -0.2) is 16.8 Å². The maximum absolute atomic E-state index is 12.6. The summed E-state index contributed by atoms with van der Waals surface area (Å²) < 4.78 is 37.8. The summed E-state index contributed by atoms with van der Waals surface area (Å²) in [5, 5.41) is 8.62.